The van der Waals surface area contributed by atoms with Crippen molar-refractivity contribution in [3.8, 4) is 0 Å². The zero-order chi connectivity index (χ0) is 14.9. The van der Waals surface area contributed by atoms with E-state index < -0.39 is 0 Å². The third-order valence-electron chi connectivity index (χ3n) is 2.74. The van der Waals surface area contributed by atoms with Gasteiger partial charge in [0.05, 0.1) is 11.8 Å². The summed E-state index contributed by atoms with van der Waals surface area (Å²) in [7, 11) is 1.71. The predicted octanol–water partition coefficient (Wildman–Crippen LogP) is 2.38. The highest BCUT2D eigenvalue weighted by Crippen LogP contribution is 2.18. The number of benzene rings is 1. The van der Waals surface area contributed by atoms with Crippen molar-refractivity contribution in [2.45, 2.75) is 6.92 Å². The van der Waals surface area contributed by atoms with Crippen LogP contribution in [0.15, 0.2) is 28.9 Å². The van der Waals surface area contributed by atoms with Gasteiger partial charge in [-0.1, -0.05) is 28.1 Å². The molecule has 2 rings (SSSR count). The van der Waals surface area contributed by atoms with Gasteiger partial charge in [-0.25, -0.2) is 0 Å². The lowest BCUT2D eigenvalue weighted by Crippen LogP contribution is -2.19. The minimum absolute atomic E-state index is 0.193. The maximum Gasteiger partial charge on any atom is 0.256 e. The Morgan fingerprint density at radius 1 is 1.45 bits per heavy atom. The standard InChI is InChI=1S/C13H13BrN4OS/c1-7-3-8(5-9(14)4-7)13(19)17-12-10(11(15)20)6-16-18(12)2/h3-6H,1-2H3,(H2,15,20)(H,17,19). The van der Waals surface area contributed by atoms with E-state index in [1.807, 2.05) is 13.0 Å². The van der Waals surface area contributed by atoms with Gasteiger partial charge >= 0.3 is 0 Å². The van der Waals surface area contributed by atoms with Gasteiger partial charge in [-0.2, -0.15) is 5.10 Å². The van der Waals surface area contributed by atoms with Gasteiger partial charge in [-0.3, -0.25) is 9.48 Å². The van der Waals surface area contributed by atoms with E-state index in [4.69, 9.17) is 18.0 Å². The number of hydrogen-bond acceptors (Lipinski definition) is 3. The number of anilines is 1. The molecule has 0 aliphatic heterocycles. The van der Waals surface area contributed by atoms with E-state index in [0.717, 1.165) is 10.0 Å². The van der Waals surface area contributed by atoms with E-state index in [2.05, 4.69) is 26.3 Å². The number of hydrogen-bond donors (Lipinski definition) is 2. The highest BCUT2D eigenvalue weighted by molar-refractivity contribution is 9.10. The Labute approximate surface area is 130 Å². The van der Waals surface area contributed by atoms with Crippen LogP contribution in [0.5, 0.6) is 0 Å². The molecule has 0 unspecified atom stereocenters. The number of carbonyl (C=O) groups is 1. The summed E-state index contributed by atoms with van der Waals surface area (Å²) >= 11 is 8.31. The van der Waals surface area contributed by atoms with Crippen molar-refractivity contribution in [2.75, 3.05) is 5.32 Å². The molecule has 2 aromatic rings. The van der Waals surface area contributed by atoms with Crippen molar-refractivity contribution in [1.29, 1.82) is 0 Å². The fraction of sp³-hybridized carbons (Fsp3) is 0.154. The molecule has 0 saturated carbocycles. The van der Waals surface area contributed by atoms with Crippen molar-refractivity contribution in [3.05, 3.63) is 45.6 Å². The lowest BCUT2D eigenvalue weighted by atomic mass is 10.1. The molecule has 1 aromatic carbocycles. The average molecular weight is 353 g/mol. The van der Waals surface area contributed by atoms with Crippen molar-refractivity contribution in [2.24, 2.45) is 12.8 Å². The molecular formula is C13H13BrN4OS. The Morgan fingerprint density at radius 2 is 2.15 bits per heavy atom. The summed E-state index contributed by atoms with van der Waals surface area (Å²) in [5.41, 5.74) is 7.69. The summed E-state index contributed by atoms with van der Waals surface area (Å²) in [6, 6.07) is 5.48. The second kappa shape index (κ2) is 5.72. The quantitative estimate of drug-likeness (QED) is 0.831. The predicted molar refractivity (Wildman–Crippen MR) is 85.9 cm³/mol. The van der Waals surface area contributed by atoms with E-state index in [-0.39, 0.29) is 10.9 Å². The van der Waals surface area contributed by atoms with E-state index in [1.54, 1.807) is 19.2 Å². The van der Waals surface area contributed by atoms with Crippen molar-refractivity contribution >= 4 is 44.9 Å². The minimum Gasteiger partial charge on any atom is -0.389 e. The van der Waals surface area contributed by atoms with Gasteiger partial charge < -0.3 is 11.1 Å². The molecule has 0 aliphatic carbocycles. The molecule has 0 fully saturated rings. The number of carbonyl (C=O) groups excluding carboxylic acids is 1. The molecule has 1 heterocycles. The largest absolute Gasteiger partial charge is 0.389 e. The number of nitrogens with one attached hydrogen (secondary N) is 1. The molecule has 3 N–H and O–H groups in total. The molecule has 0 bridgehead atoms. The zero-order valence-electron chi connectivity index (χ0n) is 11.0. The first-order valence-corrected chi connectivity index (χ1v) is 6.99. The molecule has 0 saturated heterocycles. The number of rotatable bonds is 3. The van der Waals surface area contributed by atoms with Crippen LogP contribution < -0.4 is 11.1 Å². The highest BCUT2D eigenvalue weighted by atomic mass is 79.9. The molecule has 7 heteroatoms. The monoisotopic (exact) mass is 352 g/mol. The summed E-state index contributed by atoms with van der Waals surface area (Å²) in [4.78, 5) is 12.5. The number of thiocarbonyl (C=S) groups is 1. The highest BCUT2D eigenvalue weighted by Gasteiger charge is 2.15. The van der Waals surface area contributed by atoms with Crippen LogP contribution in [0.4, 0.5) is 5.82 Å². The third kappa shape index (κ3) is 3.05. The van der Waals surface area contributed by atoms with E-state index in [9.17, 15) is 4.79 Å². The average Bonchev–Trinajstić information content (AvgIpc) is 2.70. The first kappa shape index (κ1) is 14.7. The van der Waals surface area contributed by atoms with E-state index >= 15 is 0 Å². The first-order valence-electron chi connectivity index (χ1n) is 5.79. The number of halogens is 1. The van der Waals surface area contributed by atoms with Crippen LogP contribution in [0.25, 0.3) is 0 Å². The van der Waals surface area contributed by atoms with Crippen LogP contribution in [0.1, 0.15) is 21.5 Å². The SMILES string of the molecule is Cc1cc(Br)cc(C(=O)Nc2c(C(N)=S)cnn2C)c1. The first-order chi connectivity index (χ1) is 9.38. The molecule has 1 aromatic heterocycles. The Balaban J connectivity index is 2.32. The fourth-order valence-corrected chi connectivity index (χ4v) is 2.57. The Morgan fingerprint density at radius 3 is 2.75 bits per heavy atom. The summed E-state index contributed by atoms with van der Waals surface area (Å²) in [6.45, 7) is 1.92. The second-order valence-corrected chi connectivity index (χ2v) is 5.72. The number of nitrogens with zero attached hydrogens (tertiary/aromatic N) is 2. The zero-order valence-corrected chi connectivity index (χ0v) is 13.4. The number of aromatic nitrogens is 2. The molecule has 0 spiro atoms. The Hall–Kier alpha value is -1.73. The van der Waals surface area contributed by atoms with E-state index in [0.29, 0.717) is 16.9 Å². The number of aryl methyl sites for hydroxylation is 2. The molecule has 0 radical (unpaired) electrons. The van der Waals surface area contributed by atoms with Crippen molar-refractivity contribution in [3.63, 3.8) is 0 Å². The van der Waals surface area contributed by atoms with Crippen LogP contribution in [-0.4, -0.2) is 20.7 Å². The molecule has 0 aliphatic rings. The van der Waals surface area contributed by atoms with Gasteiger partial charge in [0, 0.05) is 17.1 Å². The Bertz CT molecular complexity index is 675. The summed E-state index contributed by atoms with van der Waals surface area (Å²) in [5.74, 6) is 0.246. The number of nitrogens with two attached hydrogens (primary N) is 1. The van der Waals surface area contributed by atoms with Gasteiger partial charge in [-0.15, -0.1) is 0 Å². The van der Waals surface area contributed by atoms with Gasteiger partial charge in [-0.05, 0) is 30.7 Å². The Kier molecular flexibility index (Phi) is 4.20. The van der Waals surface area contributed by atoms with Crippen LogP contribution >= 0.6 is 28.1 Å². The second-order valence-electron chi connectivity index (χ2n) is 4.37. The van der Waals surface area contributed by atoms with Crippen molar-refractivity contribution in [1.82, 2.24) is 9.78 Å². The summed E-state index contributed by atoms with van der Waals surface area (Å²) in [5, 5.41) is 6.83. The van der Waals surface area contributed by atoms with Crippen LogP contribution in [0.3, 0.4) is 0 Å². The molecular weight excluding hydrogens is 340 g/mol. The molecule has 0 atom stereocenters. The normalized spacial score (nSPS) is 10.3. The maximum atomic E-state index is 12.3. The minimum atomic E-state index is -0.240. The van der Waals surface area contributed by atoms with Crippen molar-refractivity contribution < 1.29 is 4.79 Å². The topological polar surface area (TPSA) is 72.9 Å². The fourth-order valence-electron chi connectivity index (χ4n) is 1.81. The van der Waals surface area contributed by atoms with Crippen LogP contribution in [0.2, 0.25) is 0 Å². The number of amides is 1. The summed E-state index contributed by atoms with van der Waals surface area (Å²) in [6.07, 6.45) is 1.53. The van der Waals surface area contributed by atoms with Gasteiger partial charge in [0.1, 0.15) is 10.8 Å². The van der Waals surface area contributed by atoms with Crippen LogP contribution in [-0.2, 0) is 7.05 Å². The maximum absolute atomic E-state index is 12.3. The smallest absolute Gasteiger partial charge is 0.256 e. The molecule has 1 amide bonds. The molecule has 5 nitrogen and oxygen atoms in total. The van der Waals surface area contributed by atoms with Gasteiger partial charge in [0.15, 0.2) is 0 Å². The van der Waals surface area contributed by atoms with Gasteiger partial charge in [0.2, 0.25) is 0 Å². The van der Waals surface area contributed by atoms with E-state index in [1.165, 1.54) is 10.9 Å². The lowest BCUT2D eigenvalue weighted by molar-refractivity contribution is 0.102. The lowest BCUT2D eigenvalue weighted by Gasteiger charge is -2.09. The van der Waals surface area contributed by atoms with Crippen LogP contribution in [0, 0.1) is 6.92 Å². The van der Waals surface area contributed by atoms with Gasteiger partial charge in [0.25, 0.3) is 5.91 Å². The molecule has 104 valence electrons. The summed E-state index contributed by atoms with van der Waals surface area (Å²) < 4.78 is 2.37. The molecule has 20 heavy (non-hydrogen) atoms. The third-order valence-corrected chi connectivity index (χ3v) is 3.42.